The van der Waals surface area contributed by atoms with Gasteiger partial charge in [-0.25, -0.2) is 0 Å². The van der Waals surface area contributed by atoms with Crippen LogP contribution in [-0.4, -0.2) is 41.6 Å². The number of nitrogens with one attached hydrogen (secondary N) is 1. The van der Waals surface area contributed by atoms with Crippen molar-refractivity contribution in [1.29, 1.82) is 0 Å². The van der Waals surface area contributed by atoms with Crippen molar-refractivity contribution >= 4 is 5.91 Å². The third-order valence-corrected chi connectivity index (χ3v) is 5.69. The first-order valence-electron chi connectivity index (χ1n) is 10.3. The molecular weight excluding hydrogens is 324 g/mol. The number of hydrogen-bond donors (Lipinski definition) is 2. The van der Waals surface area contributed by atoms with Crippen molar-refractivity contribution in [2.24, 2.45) is 5.92 Å². The van der Waals surface area contributed by atoms with Crippen LogP contribution in [0.2, 0.25) is 0 Å². The monoisotopic (exact) mass is 360 g/mol. The largest absolute Gasteiger partial charge is 0.508 e. The molecule has 0 spiro atoms. The smallest absolute Gasteiger partial charge is 0.223 e. The molecular formula is C22H36N2O2. The molecule has 2 rings (SSSR count). The van der Waals surface area contributed by atoms with Gasteiger partial charge in [0.1, 0.15) is 5.75 Å². The van der Waals surface area contributed by atoms with Crippen molar-refractivity contribution in [2.75, 3.05) is 19.6 Å². The first kappa shape index (κ1) is 20.8. The summed E-state index contributed by atoms with van der Waals surface area (Å²) in [5.74, 6) is 0.735. The number of carbonyl (C=O) groups excluding carboxylic acids is 1. The van der Waals surface area contributed by atoms with Gasteiger partial charge in [0.25, 0.3) is 0 Å². The van der Waals surface area contributed by atoms with Crippen molar-refractivity contribution in [2.45, 2.75) is 71.3 Å². The molecule has 0 radical (unpaired) electrons. The highest BCUT2D eigenvalue weighted by Crippen LogP contribution is 2.24. The predicted octanol–water partition coefficient (Wildman–Crippen LogP) is 4.29. The first-order chi connectivity index (χ1) is 12.5. The van der Waals surface area contributed by atoms with Crippen LogP contribution >= 0.6 is 0 Å². The van der Waals surface area contributed by atoms with Crippen LogP contribution in [0.5, 0.6) is 5.75 Å². The minimum atomic E-state index is 0.0645. The third kappa shape index (κ3) is 6.31. The van der Waals surface area contributed by atoms with Crippen LogP contribution in [0.15, 0.2) is 24.3 Å². The van der Waals surface area contributed by atoms with Crippen LogP contribution in [0.3, 0.4) is 0 Å². The van der Waals surface area contributed by atoms with E-state index in [-0.39, 0.29) is 29.5 Å². The van der Waals surface area contributed by atoms with Gasteiger partial charge in [0.05, 0.1) is 0 Å². The normalized spacial score (nSPS) is 18.4. The van der Waals surface area contributed by atoms with Gasteiger partial charge in [0.2, 0.25) is 5.91 Å². The van der Waals surface area contributed by atoms with E-state index in [1.165, 1.54) is 25.7 Å². The lowest BCUT2D eigenvalue weighted by molar-refractivity contribution is -0.125. The van der Waals surface area contributed by atoms with Gasteiger partial charge < -0.3 is 15.3 Å². The summed E-state index contributed by atoms with van der Waals surface area (Å²) in [6.07, 6.45) is 6.96. The van der Waals surface area contributed by atoms with Crippen LogP contribution in [0.25, 0.3) is 0 Å². The molecule has 1 saturated heterocycles. The molecule has 1 heterocycles. The second-order valence-electron chi connectivity index (χ2n) is 7.90. The summed E-state index contributed by atoms with van der Waals surface area (Å²) in [6.45, 7) is 9.56. The number of unbranched alkanes of at least 4 members (excludes halogenated alkanes) is 2. The molecule has 1 aromatic carbocycles. The number of phenolic OH excluding ortho intramolecular Hbond substituents is 1. The molecule has 1 fully saturated rings. The van der Waals surface area contributed by atoms with Gasteiger partial charge in [-0.3, -0.25) is 4.79 Å². The van der Waals surface area contributed by atoms with Crippen LogP contribution in [0.4, 0.5) is 0 Å². The van der Waals surface area contributed by atoms with Crippen molar-refractivity contribution in [1.82, 2.24) is 10.2 Å². The fourth-order valence-corrected chi connectivity index (χ4v) is 3.74. The summed E-state index contributed by atoms with van der Waals surface area (Å²) in [6, 6.07) is 7.49. The molecule has 3 unspecified atom stereocenters. The molecule has 1 aromatic rings. The summed E-state index contributed by atoms with van der Waals surface area (Å²) in [7, 11) is 0. The van der Waals surface area contributed by atoms with Crippen molar-refractivity contribution < 1.29 is 9.90 Å². The van der Waals surface area contributed by atoms with E-state index in [0.717, 1.165) is 38.0 Å². The fourth-order valence-electron chi connectivity index (χ4n) is 3.74. The Morgan fingerprint density at radius 2 is 1.81 bits per heavy atom. The standard InChI is InChI=1S/C22H36N2O2/c1-4-5-6-9-17(2)22(26)23-21(16-24-14-7-8-15-24)18(3)19-10-12-20(25)13-11-19/h10-13,17-18,21,25H,4-9,14-16H2,1-3H3,(H,23,26). The van der Waals surface area contributed by atoms with Crippen LogP contribution in [-0.2, 0) is 4.79 Å². The molecule has 0 aliphatic carbocycles. The van der Waals surface area contributed by atoms with Crippen LogP contribution in [0.1, 0.15) is 70.8 Å². The maximum atomic E-state index is 12.7. The Morgan fingerprint density at radius 1 is 1.15 bits per heavy atom. The summed E-state index contributed by atoms with van der Waals surface area (Å²) >= 11 is 0. The summed E-state index contributed by atoms with van der Waals surface area (Å²) in [5, 5.41) is 12.9. The highest BCUT2D eigenvalue weighted by molar-refractivity contribution is 5.78. The number of likely N-dealkylation sites (tertiary alicyclic amines) is 1. The topological polar surface area (TPSA) is 52.6 Å². The Bertz CT molecular complexity index is 538. The number of carbonyl (C=O) groups is 1. The lowest BCUT2D eigenvalue weighted by atomic mass is 9.91. The molecule has 1 aliphatic rings. The number of amides is 1. The lowest BCUT2D eigenvalue weighted by Crippen LogP contribution is -2.47. The highest BCUT2D eigenvalue weighted by atomic mass is 16.3. The van der Waals surface area contributed by atoms with E-state index in [2.05, 4.69) is 24.1 Å². The van der Waals surface area contributed by atoms with Gasteiger partial charge in [-0.2, -0.15) is 0 Å². The Labute approximate surface area is 159 Å². The zero-order valence-electron chi connectivity index (χ0n) is 16.7. The Kier molecular flexibility index (Phi) is 8.43. The van der Waals surface area contributed by atoms with Gasteiger partial charge >= 0.3 is 0 Å². The Balaban J connectivity index is 2.02. The first-order valence-corrected chi connectivity index (χ1v) is 10.3. The Hall–Kier alpha value is -1.55. The summed E-state index contributed by atoms with van der Waals surface area (Å²) < 4.78 is 0. The van der Waals surface area contributed by atoms with E-state index < -0.39 is 0 Å². The van der Waals surface area contributed by atoms with E-state index in [9.17, 15) is 9.90 Å². The van der Waals surface area contributed by atoms with Gasteiger partial charge in [-0.1, -0.05) is 52.2 Å². The molecule has 1 amide bonds. The predicted molar refractivity (Wildman–Crippen MR) is 107 cm³/mol. The van der Waals surface area contributed by atoms with Gasteiger partial charge in [-0.05, 0) is 50.0 Å². The quantitative estimate of drug-likeness (QED) is 0.612. The maximum Gasteiger partial charge on any atom is 0.223 e. The maximum absolute atomic E-state index is 12.7. The number of aromatic hydroxyl groups is 1. The Morgan fingerprint density at radius 3 is 2.42 bits per heavy atom. The van der Waals surface area contributed by atoms with Gasteiger partial charge in [-0.15, -0.1) is 0 Å². The number of phenols is 1. The molecule has 146 valence electrons. The van der Waals surface area contributed by atoms with Crippen molar-refractivity contribution in [3.63, 3.8) is 0 Å². The van der Waals surface area contributed by atoms with Crippen LogP contribution in [0, 0.1) is 5.92 Å². The second kappa shape index (κ2) is 10.6. The number of rotatable bonds is 10. The SMILES string of the molecule is CCCCCC(C)C(=O)NC(CN1CCCC1)C(C)c1ccc(O)cc1. The second-order valence-corrected chi connectivity index (χ2v) is 7.90. The van der Waals surface area contributed by atoms with Crippen molar-refractivity contribution in [3.8, 4) is 5.75 Å². The zero-order chi connectivity index (χ0) is 18.9. The number of nitrogens with zero attached hydrogens (tertiary/aromatic N) is 1. The molecule has 0 bridgehead atoms. The molecule has 2 N–H and O–H groups in total. The van der Waals surface area contributed by atoms with E-state index in [4.69, 9.17) is 0 Å². The average Bonchev–Trinajstić information content (AvgIpc) is 3.14. The van der Waals surface area contributed by atoms with Crippen LogP contribution < -0.4 is 5.32 Å². The molecule has 4 nitrogen and oxygen atoms in total. The van der Waals surface area contributed by atoms with E-state index in [1.807, 2.05) is 19.1 Å². The molecule has 26 heavy (non-hydrogen) atoms. The zero-order valence-corrected chi connectivity index (χ0v) is 16.7. The van der Waals surface area contributed by atoms with Crippen molar-refractivity contribution in [3.05, 3.63) is 29.8 Å². The molecule has 1 aliphatic heterocycles. The lowest BCUT2D eigenvalue weighted by Gasteiger charge is -2.30. The van der Waals surface area contributed by atoms with Gasteiger partial charge in [0.15, 0.2) is 0 Å². The summed E-state index contributed by atoms with van der Waals surface area (Å²) in [4.78, 5) is 15.2. The minimum Gasteiger partial charge on any atom is -0.508 e. The molecule has 0 aromatic heterocycles. The average molecular weight is 361 g/mol. The van der Waals surface area contributed by atoms with E-state index in [1.54, 1.807) is 12.1 Å². The minimum absolute atomic E-state index is 0.0645. The van der Waals surface area contributed by atoms with E-state index in [0.29, 0.717) is 0 Å². The summed E-state index contributed by atoms with van der Waals surface area (Å²) in [5.41, 5.74) is 1.16. The highest BCUT2D eigenvalue weighted by Gasteiger charge is 2.26. The number of hydrogen-bond acceptors (Lipinski definition) is 3. The molecule has 3 atom stereocenters. The molecule has 0 saturated carbocycles. The number of benzene rings is 1. The molecule has 4 heteroatoms. The third-order valence-electron chi connectivity index (χ3n) is 5.69. The van der Waals surface area contributed by atoms with Gasteiger partial charge in [0, 0.05) is 24.4 Å². The fraction of sp³-hybridized carbons (Fsp3) is 0.682. The van der Waals surface area contributed by atoms with E-state index >= 15 is 0 Å².